The van der Waals surface area contributed by atoms with Crippen LogP contribution in [-0.4, -0.2) is 13.1 Å². The second kappa shape index (κ2) is 4.17. The number of rotatable bonds is 3. The third-order valence-electron chi connectivity index (χ3n) is 3.01. The third kappa shape index (κ3) is 2.12. The number of benzene rings is 1. The summed E-state index contributed by atoms with van der Waals surface area (Å²) in [6, 6.07) is 4.78. The molecule has 0 unspecified atom stereocenters. The van der Waals surface area contributed by atoms with E-state index in [1.165, 1.54) is 13.2 Å². The molecule has 1 aromatic rings. The normalized spacial score (nSPS) is 16.9. The third-order valence-corrected chi connectivity index (χ3v) is 3.50. The fourth-order valence-electron chi connectivity index (χ4n) is 1.86. The van der Waals surface area contributed by atoms with Gasteiger partial charge in [0.15, 0.2) is 0 Å². The number of hydrogen-bond donors (Lipinski definition) is 0. The highest BCUT2D eigenvalue weighted by atomic mass is 79.9. The molecule has 0 amide bonds. The van der Waals surface area contributed by atoms with E-state index in [0.717, 1.165) is 17.3 Å². The number of ether oxygens (including phenoxy) is 1. The van der Waals surface area contributed by atoms with Gasteiger partial charge in [-0.05, 0) is 43.0 Å². The second-order valence-corrected chi connectivity index (χ2v) is 5.10. The van der Waals surface area contributed by atoms with Crippen molar-refractivity contribution >= 4 is 21.9 Å². The smallest absolute Gasteiger partial charge is 0.312 e. The molecule has 0 spiro atoms. The van der Waals surface area contributed by atoms with Crippen molar-refractivity contribution in [3.05, 3.63) is 34.1 Å². The van der Waals surface area contributed by atoms with E-state index in [9.17, 15) is 9.18 Å². The summed E-state index contributed by atoms with van der Waals surface area (Å²) in [6.45, 7) is 0. The minimum Gasteiger partial charge on any atom is -0.469 e. The van der Waals surface area contributed by atoms with Gasteiger partial charge in [0.1, 0.15) is 5.82 Å². The van der Waals surface area contributed by atoms with Crippen molar-refractivity contribution in [2.75, 3.05) is 7.11 Å². The summed E-state index contributed by atoms with van der Waals surface area (Å²) in [5, 5.41) is 0. The topological polar surface area (TPSA) is 26.3 Å². The average Bonchev–Trinajstić information content (AvgIpc) is 3.03. The van der Waals surface area contributed by atoms with Crippen LogP contribution in [0.15, 0.2) is 22.7 Å². The molecule has 4 heteroatoms. The Morgan fingerprint density at radius 3 is 2.81 bits per heavy atom. The molecule has 0 aromatic heterocycles. The van der Waals surface area contributed by atoms with Gasteiger partial charge in [-0.25, -0.2) is 4.39 Å². The maximum Gasteiger partial charge on any atom is 0.312 e. The summed E-state index contributed by atoms with van der Waals surface area (Å²) in [6.07, 6.45) is 1.99. The maximum absolute atomic E-state index is 13.5. The number of hydrogen-bond acceptors (Lipinski definition) is 2. The van der Waals surface area contributed by atoms with Gasteiger partial charge in [-0.15, -0.1) is 0 Å². The molecule has 0 atom stereocenters. The standard InChI is InChI=1S/C12H12BrFO2/c1-16-11(15)12(4-5-12)7-8-6-9(13)2-3-10(8)14/h2-3,6H,4-5,7H2,1H3. The predicted octanol–water partition coefficient (Wildman–Crippen LogP) is 3.08. The molecule has 0 N–H and O–H groups in total. The van der Waals surface area contributed by atoms with Crippen LogP contribution in [0.1, 0.15) is 18.4 Å². The molecule has 0 radical (unpaired) electrons. The van der Waals surface area contributed by atoms with E-state index in [-0.39, 0.29) is 11.8 Å². The van der Waals surface area contributed by atoms with Crippen LogP contribution >= 0.6 is 15.9 Å². The molecule has 0 aliphatic heterocycles. The maximum atomic E-state index is 13.5. The zero-order valence-corrected chi connectivity index (χ0v) is 10.5. The zero-order valence-electron chi connectivity index (χ0n) is 8.93. The van der Waals surface area contributed by atoms with Crippen LogP contribution in [0, 0.1) is 11.2 Å². The predicted molar refractivity (Wildman–Crippen MR) is 61.5 cm³/mol. The molecule has 1 aromatic carbocycles. The molecule has 1 fully saturated rings. The summed E-state index contributed by atoms with van der Waals surface area (Å²) in [5.74, 6) is -0.495. The summed E-state index contributed by atoms with van der Waals surface area (Å²) in [4.78, 5) is 11.5. The number of carbonyl (C=O) groups excluding carboxylic acids is 1. The lowest BCUT2D eigenvalue weighted by Gasteiger charge is -2.13. The first-order valence-corrected chi connectivity index (χ1v) is 5.89. The van der Waals surface area contributed by atoms with Gasteiger partial charge in [-0.2, -0.15) is 0 Å². The monoisotopic (exact) mass is 286 g/mol. The first-order valence-electron chi connectivity index (χ1n) is 5.10. The Morgan fingerprint density at radius 1 is 1.56 bits per heavy atom. The summed E-state index contributed by atoms with van der Waals surface area (Å²) >= 11 is 3.30. The van der Waals surface area contributed by atoms with Crippen LogP contribution in [0.2, 0.25) is 0 Å². The lowest BCUT2D eigenvalue weighted by Crippen LogP contribution is -2.20. The Labute approximate surface area is 102 Å². The molecule has 2 rings (SSSR count). The Hall–Kier alpha value is -0.900. The number of carbonyl (C=O) groups is 1. The molecule has 0 saturated heterocycles. The SMILES string of the molecule is COC(=O)C1(Cc2cc(Br)ccc2F)CC1. The number of methoxy groups -OCH3 is 1. The Kier molecular flexibility index (Phi) is 3.02. The van der Waals surface area contributed by atoms with Gasteiger partial charge in [0.2, 0.25) is 0 Å². The summed E-state index contributed by atoms with van der Waals surface area (Å²) < 4.78 is 19.1. The first kappa shape index (κ1) is 11.6. The van der Waals surface area contributed by atoms with Gasteiger partial charge in [-0.1, -0.05) is 15.9 Å². The molecule has 1 saturated carbocycles. The molecule has 16 heavy (non-hydrogen) atoms. The van der Waals surface area contributed by atoms with Crippen LogP contribution in [-0.2, 0) is 16.0 Å². The van der Waals surface area contributed by atoms with Crippen LogP contribution in [0.4, 0.5) is 4.39 Å². The van der Waals surface area contributed by atoms with Crippen LogP contribution in [0.3, 0.4) is 0 Å². The summed E-state index contributed by atoms with van der Waals surface area (Å²) in [7, 11) is 1.37. The van der Waals surface area contributed by atoms with Gasteiger partial charge in [0, 0.05) is 4.47 Å². The van der Waals surface area contributed by atoms with Crippen LogP contribution < -0.4 is 0 Å². The van der Waals surface area contributed by atoms with Crippen LogP contribution in [0.5, 0.6) is 0 Å². The van der Waals surface area contributed by atoms with Gasteiger partial charge in [0.05, 0.1) is 12.5 Å². The van der Waals surface area contributed by atoms with Crippen molar-refractivity contribution in [2.45, 2.75) is 19.3 Å². The number of esters is 1. The lowest BCUT2D eigenvalue weighted by atomic mass is 9.96. The highest BCUT2D eigenvalue weighted by Gasteiger charge is 2.51. The van der Waals surface area contributed by atoms with E-state index < -0.39 is 5.41 Å². The van der Waals surface area contributed by atoms with E-state index in [1.807, 2.05) is 0 Å². The largest absolute Gasteiger partial charge is 0.469 e. The van der Waals surface area contributed by atoms with Crippen molar-refractivity contribution < 1.29 is 13.9 Å². The fraction of sp³-hybridized carbons (Fsp3) is 0.417. The van der Waals surface area contributed by atoms with Crippen molar-refractivity contribution in [2.24, 2.45) is 5.41 Å². The second-order valence-electron chi connectivity index (χ2n) is 4.18. The van der Waals surface area contributed by atoms with Crippen LogP contribution in [0.25, 0.3) is 0 Å². The van der Waals surface area contributed by atoms with E-state index >= 15 is 0 Å². The zero-order chi connectivity index (χ0) is 11.8. The van der Waals surface area contributed by atoms with Crippen molar-refractivity contribution in [3.8, 4) is 0 Å². The van der Waals surface area contributed by atoms with Gasteiger partial charge in [0.25, 0.3) is 0 Å². The number of halogens is 2. The molecule has 1 aliphatic rings. The summed E-state index contributed by atoms with van der Waals surface area (Å²) in [5.41, 5.74) is 0.0911. The van der Waals surface area contributed by atoms with E-state index in [4.69, 9.17) is 4.74 Å². The van der Waals surface area contributed by atoms with Gasteiger partial charge < -0.3 is 4.74 Å². The van der Waals surface area contributed by atoms with Gasteiger partial charge in [-0.3, -0.25) is 4.79 Å². The quantitative estimate of drug-likeness (QED) is 0.799. The molecule has 0 heterocycles. The Morgan fingerprint density at radius 2 is 2.25 bits per heavy atom. The molecule has 0 bridgehead atoms. The average molecular weight is 287 g/mol. The fourth-order valence-corrected chi connectivity index (χ4v) is 2.27. The molecule has 2 nitrogen and oxygen atoms in total. The van der Waals surface area contributed by atoms with E-state index in [0.29, 0.717) is 12.0 Å². The first-order chi connectivity index (χ1) is 7.57. The highest BCUT2D eigenvalue weighted by Crippen LogP contribution is 2.49. The van der Waals surface area contributed by atoms with E-state index in [2.05, 4.69) is 15.9 Å². The highest BCUT2D eigenvalue weighted by molar-refractivity contribution is 9.10. The molecular weight excluding hydrogens is 275 g/mol. The Bertz CT molecular complexity index is 427. The van der Waals surface area contributed by atoms with Crippen molar-refractivity contribution in [1.82, 2.24) is 0 Å². The Balaban J connectivity index is 2.21. The minimum absolute atomic E-state index is 0.230. The molecule has 86 valence electrons. The van der Waals surface area contributed by atoms with Crippen molar-refractivity contribution in [1.29, 1.82) is 0 Å². The van der Waals surface area contributed by atoms with Crippen molar-refractivity contribution in [3.63, 3.8) is 0 Å². The minimum atomic E-state index is -0.476. The molecular formula is C12H12BrFO2. The molecule has 1 aliphatic carbocycles. The van der Waals surface area contributed by atoms with Gasteiger partial charge >= 0.3 is 5.97 Å². The van der Waals surface area contributed by atoms with E-state index in [1.54, 1.807) is 12.1 Å². The lowest BCUT2D eigenvalue weighted by molar-refractivity contribution is -0.147.